The van der Waals surface area contributed by atoms with Gasteiger partial charge in [0, 0.05) is 5.69 Å². The maximum Gasteiger partial charge on any atom is 0.252 e. The molecule has 4 heteroatoms. The lowest BCUT2D eigenvalue weighted by Crippen LogP contribution is -2.06. The van der Waals surface area contributed by atoms with E-state index in [-0.39, 0.29) is 0 Å². The lowest BCUT2D eigenvalue weighted by molar-refractivity contribution is 0.777. The minimum absolute atomic E-state index is 0.422. The lowest BCUT2D eigenvalue weighted by Gasteiger charge is -2.11. The van der Waals surface area contributed by atoms with Crippen molar-refractivity contribution < 1.29 is 0 Å². The van der Waals surface area contributed by atoms with E-state index in [1.165, 1.54) is 5.56 Å². The summed E-state index contributed by atoms with van der Waals surface area (Å²) in [7, 11) is 0. The summed E-state index contributed by atoms with van der Waals surface area (Å²) in [4.78, 5) is 8.84. The van der Waals surface area contributed by atoms with Gasteiger partial charge in [-0.1, -0.05) is 13.8 Å². The topological polar surface area (TPSA) is 43.1 Å². The summed E-state index contributed by atoms with van der Waals surface area (Å²) in [5.74, 6) is 1.90. The second-order valence-electron chi connectivity index (χ2n) is 4.23. The highest BCUT2D eigenvalue weighted by Crippen LogP contribution is 2.20. The molecule has 0 aliphatic carbocycles. The van der Waals surface area contributed by atoms with Crippen LogP contribution in [0, 0.1) is 20.8 Å². The molecule has 0 atom stereocenters. The highest BCUT2D eigenvalue weighted by atomic mass is 15.3. The van der Waals surface area contributed by atoms with Crippen molar-refractivity contribution in [2.75, 3.05) is 0 Å². The van der Waals surface area contributed by atoms with Gasteiger partial charge in [0.25, 0.3) is 5.78 Å². The van der Waals surface area contributed by atoms with Crippen LogP contribution in [0.4, 0.5) is 0 Å². The number of nitrogens with zero attached hydrogens (tertiary/aromatic N) is 4. The molecule has 0 unspecified atom stereocenters. The van der Waals surface area contributed by atoms with Crippen molar-refractivity contribution >= 4 is 5.78 Å². The van der Waals surface area contributed by atoms with Crippen LogP contribution in [0.3, 0.4) is 0 Å². The van der Waals surface area contributed by atoms with Crippen LogP contribution in [0.25, 0.3) is 5.78 Å². The SMILES string of the molecule is Cc1nc2nc(C(C)C)c(C)c(C)n2n1. The number of rotatable bonds is 1. The van der Waals surface area contributed by atoms with E-state index in [2.05, 4.69) is 42.8 Å². The van der Waals surface area contributed by atoms with Crippen LogP contribution in [0.2, 0.25) is 0 Å². The highest BCUT2D eigenvalue weighted by molar-refractivity contribution is 5.37. The molecule has 0 radical (unpaired) electrons. The van der Waals surface area contributed by atoms with Crippen molar-refractivity contribution in [1.82, 2.24) is 19.6 Å². The fourth-order valence-electron chi connectivity index (χ4n) is 1.80. The number of fused-ring (bicyclic) bond motifs is 1. The number of aromatic nitrogens is 4. The Morgan fingerprint density at radius 2 is 1.73 bits per heavy atom. The molecule has 2 rings (SSSR count). The van der Waals surface area contributed by atoms with E-state index in [1.807, 2.05) is 11.4 Å². The number of aryl methyl sites for hydroxylation is 2. The van der Waals surface area contributed by atoms with Crippen LogP contribution in [0.5, 0.6) is 0 Å². The first-order valence-corrected chi connectivity index (χ1v) is 5.21. The third kappa shape index (κ3) is 1.50. The van der Waals surface area contributed by atoms with E-state index in [0.717, 1.165) is 17.2 Å². The predicted molar refractivity (Wildman–Crippen MR) is 59.1 cm³/mol. The van der Waals surface area contributed by atoms with E-state index in [1.54, 1.807) is 0 Å². The first kappa shape index (κ1) is 10.1. The van der Waals surface area contributed by atoms with Gasteiger partial charge in [0.2, 0.25) is 0 Å². The van der Waals surface area contributed by atoms with Crippen molar-refractivity contribution in [3.8, 4) is 0 Å². The highest BCUT2D eigenvalue weighted by Gasteiger charge is 2.13. The molecule has 80 valence electrons. The molecule has 15 heavy (non-hydrogen) atoms. The molecule has 0 fully saturated rings. The Balaban J connectivity index is 2.81. The molecule has 0 aliphatic rings. The van der Waals surface area contributed by atoms with Gasteiger partial charge in [-0.25, -0.2) is 9.50 Å². The largest absolute Gasteiger partial charge is 0.252 e. The zero-order valence-electron chi connectivity index (χ0n) is 9.87. The molecular weight excluding hydrogens is 188 g/mol. The van der Waals surface area contributed by atoms with Crippen molar-refractivity contribution in [1.29, 1.82) is 0 Å². The summed E-state index contributed by atoms with van der Waals surface area (Å²) in [6.45, 7) is 10.3. The Bertz CT molecular complexity index is 511. The van der Waals surface area contributed by atoms with E-state index < -0.39 is 0 Å². The first-order valence-electron chi connectivity index (χ1n) is 5.21. The first-order chi connectivity index (χ1) is 7.00. The summed E-state index contributed by atoms with van der Waals surface area (Å²) < 4.78 is 1.82. The van der Waals surface area contributed by atoms with Gasteiger partial charge in [-0.3, -0.25) is 0 Å². The quantitative estimate of drug-likeness (QED) is 0.715. The minimum Gasteiger partial charge on any atom is -0.216 e. The summed E-state index contributed by atoms with van der Waals surface area (Å²) in [6, 6.07) is 0. The third-order valence-electron chi connectivity index (χ3n) is 2.71. The molecule has 2 heterocycles. The fourth-order valence-corrected chi connectivity index (χ4v) is 1.80. The zero-order valence-corrected chi connectivity index (χ0v) is 9.87. The van der Waals surface area contributed by atoms with Crippen LogP contribution < -0.4 is 0 Å². The Labute approximate surface area is 89.4 Å². The molecule has 0 aromatic carbocycles. The van der Waals surface area contributed by atoms with E-state index in [9.17, 15) is 0 Å². The average Bonchev–Trinajstić information content (AvgIpc) is 2.52. The smallest absolute Gasteiger partial charge is 0.216 e. The van der Waals surface area contributed by atoms with Gasteiger partial charge < -0.3 is 0 Å². The standard InChI is InChI=1S/C11H16N4/c1-6(2)10-7(3)8(4)15-11(13-10)12-9(5)14-15/h6H,1-5H3. The fraction of sp³-hybridized carbons (Fsp3) is 0.545. The summed E-state index contributed by atoms with van der Waals surface area (Å²) >= 11 is 0. The predicted octanol–water partition coefficient (Wildman–Crippen LogP) is 2.17. The second kappa shape index (κ2) is 3.29. The van der Waals surface area contributed by atoms with Crippen LogP contribution in [-0.2, 0) is 0 Å². The van der Waals surface area contributed by atoms with Crippen LogP contribution in [-0.4, -0.2) is 19.6 Å². The Morgan fingerprint density at radius 1 is 1.07 bits per heavy atom. The van der Waals surface area contributed by atoms with Gasteiger partial charge in [0.05, 0.1) is 5.69 Å². The van der Waals surface area contributed by atoms with Crippen molar-refractivity contribution in [3.63, 3.8) is 0 Å². The number of hydrogen-bond donors (Lipinski definition) is 0. The molecule has 0 bridgehead atoms. The van der Waals surface area contributed by atoms with Crippen molar-refractivity contribution in [3.05, 3.63) is 22.8 Å². The zero-order chi connectivity index (χ0) is 11.2. The van der Waals surface area contributed by atoms with Gasteiger partial charge in [-0.15, -0.1) is 0 Å². The van der Waals surface area contributed by atoms with Gasteiger partial charge in [0.15, 0.2) is 0 Å². The van der Waals surface area contributed by atoms with Gasteiger partial charge in [0.1, 0.15) is 5.82 Å². The lowest BCUT2D eigenvalue weighted by atomic mass is 10.0. The Hall–Kier alpha value is -1.45. The Morgan fingerprint density at radius 3 is 2.33 bits per heavy atom. The van der Waals surface area contributed by atoms with Gasteiger partial charge >= 0.3 is 0 Å². The molecular formula is C11H16N4. The number of hydrogen-bond acceptors (Lipinski definition) is 3. The van der Waals surface area contributed by atoms with Gasteiger partial charge in [-0.05, 0) is 32.3 Å². The van der Waals surface area contributed by atoms with Crippen LogP contribution in [0.15, 0.2) is 0 Å². The maximum atomic E-state index is 4.55. The van der Waals surface area contributed by atoms with Crippen LogP contribution >= 0.6 is 0 Å². The molecule has 0 N–H and O–H groups in total. The molecule has 0 saturated carbocycles. The second-order valence-corrected chi connectivity index (χ2v) is 4.23. The molecule has 0 spiro atoms. The van der Waals surface area contributed by atoms with Crippen molar-refractivity contribution in [2.45, 2.75) is 40.5 Å². The third-order valence-corrected chi connectivity index (χ3v) is 2.71. The summed E-state index contributed by atoms with van der Waals surface area (Å²) in [5, 5.41) is 4.32. The van der Waals surface area contributed by atoms with Gasteiger partial charge in [-0.2, -0.15) is 10.1 Å². The Kier molecular flexibility index (Phi) is 2.21. The molecule has 0 saturated heterocycles. The van der Waals surface area contributed by atoms with E-state index >= 15 is 0 Å². The monoisotopic (exact) mass is 204 g/mol. The van der Waals surface area contributed by atoms with Crippen molar-refractivity contribution in [2.24, 2.45) is 0 Å². The summed E-state index contributed by atoms with van der Waals surface area (Å²) in [6.07, 6.45) is 0. The van der Waals surface area contributed by atoms with E-state index in [4.69, 9.17) is 0 Å². The molecule has 2 aromatic heterocycles. The average molecular weight is 204 g/mol. The summed E-state index contributed by atoms with van der Waals surface area (Å²) in [5.41, 5.74) is 3.46. The maximum absolute atomic E-state index is 4.55. The molecule has 2 aromatic rings. The minimum atomic E-state index is 0.422. The van der Waals surface area contributed by atoms with Crippen LogP contribution in [0.1, 0.15) is 42.5 Å². The normalized spacial score (nSPS) is 11.6. The molecule has 4 nitrogen and oxygen atoms in total. The molecule has 0 aliphatic heterocycles. The molecule has 0 amide bonds. The van der Waals surface area contributed by atoms with E-state index in [0.29, 0.717) is 11.7 Å².